The fourth-order valence-electron chi connectivity index (χ4n) is 2.07. The summed E-state index contributed by atoms with van der Waals surface area (Å²) in [6.45, 7) is 9.15. The van der Waals surface area contributed by atoms with E-state index < -0.39 is 4.92 Å². The zero-order valence-electron chi connectivity index (χ0n) is 11.6. The van der Waals surface area contributed by atoms with E-state index in [0.29, 0.717) is 24.3 Å². The number of aromatic nitrogens is 2. The molecule has 0 aromatic carbocycles. The normalized spacial score (nSPS) is 11.4. The second-order valence-electron chi connectivity index (χ2n) is 5.16. The lowest BCUT2D eigenvalue weighted by molar-refractivity contribution is -0.384. The molecule has 1 heterocycles. The molecule has 1 aromatic heterocycles. The summed E-state index contributed by atoms with van der Waals surface area (Å²) in [6, 6.07) is 0. The Kier molecular flexibility index (Phi) is 5.47. The SMILES string of the molecule is CC(C)C(CNc1nc(Cl)ncc1[N+](=O)[O-])C(C)C. The zero-order chi connectivity index (χ0) is 14.6. The Bertz CT molecular complexity index is 443. The first kappa shape index (κ1) is 15.6. The molecule has 0 saturated heterocycles. The van der Waals surface area contributed by atoms with Crippen LogP contribution >= 0.6 is 11.6 Å². The quantitative estimate of drug-likeness (QED) is 0.492. The van der Waals surface area contributed by atoms with Gasteiger partial charge in [-0.05, 0) is 29.4 Å². The summed E-state index contributed by atoms with van der Waals surface area (Å²) in [7, 11) is 0. The van der Waals surface area contributed by atoms with Gasteiger partial charge in [-0.3, -0.25) is 10.1 Å². The second-order valence-corrected chi connectivity index (χ2v) is 5.50. The topological polar surface area (TPSA) is 81.0 Å². The van der Waals surface area contributed by atoms with Crippen LogP contribution in [0.1, 0.15) is 27.7 Å². The lowest BCUT2D eigenvalue weighted by Crippen LogP contribution is -2.25. The molecule has 0 saturated carbocycles. The maximum absolute atomic E-state index is 10.9. The number of hydrogen-bond donors (Lipinski definition) is 1. The van der Waals surface area contributed by atoms with Crippen molar-refractivity contribution in [3.63, 3.8) is 0 Å². The number of hydrogen-bond acceptors (Lipinski definition) is 5. The first-order valence-corrected chi connectivity index (χ1v) is 6.61. The van der Waals surface area contributed by atoms with Gasteiger partial charge in [0.05, 0.1) is 4.92 Å². The van der Waals surface area contributed by atoms with Crippen molar-refractivity contribution in [3.8, 4) is 0 Å². The summed E-state index contributed by atoms with van der Waals surface area (Å²) in [6.07, 6.45) is 1.12. The summed E-state index contributed by atoms with van der Waals surface area (Å²) in [5, 5.41) is 13.9. The highest BCUT2D eigenvalue weighted by Gasteiger charge is 2.21. The third-order valence-electron chi connectivity index (χ3n) is 3.15. The van der Waals surface area contributed by atoms with Gasteiger partial charge in [-0.2, -0.15) is 4.98 Å². The molecule has 0 unspecified atom stereocenters. The highest BCUT2D eigenvalue weighted by Crippen LogP contribution is 2.25. The van der Waals surface area contributed by atoms with Gasteiger partial charge in [-0.15, -0.1) is 0 Å². The molecule has 0 radical (unpaired) electrons. The number of nitrogens with one attached hydrogen (secondary N) is 1. The Morgan fingerprint density at radius 2 is 1.95 bits per heavy atom. The Labute approximate surface area is 117 Å². The molecule has 0 aliphatic rings. The first-order chi connectivity index (χ1) is 8.82. The van der Waals surface area contributed by atoms with Crippen LogP contribution in [0.3, 0.4) is 0 Å². The third kappa shape index (κ3) is 4.31. The minimum atomic E-state index is -0.515. The molecule has 0 aliphatic carbocycles. The smallest absolute Gasteiger partial charge is 0.329 e. The van der Waals surface area contributed by atoms with E-state index in [9.17, 15) is 10.1 Å². The minimum Gasteiger partial charge on any atom is -0.364 e. The lowest BCUT2D eigenvalue weighted by Gasteiger charge is -2.25. The number of anilines is 1. The van der Waals surface area contributed by atoms with Crippen LogP contribution in [0.2, 0.25) is 5.28 Å². The van der Waals surface area contributed by atoms with Crippen LogP contribution in [0.5, 0.6) is 0 Å². The summed E-state index contributed by atoms with van der Waals surface area (Å²) >= 11 is 5.68. The van der Waals surface area contributed by atoms with Gasteiger partial charge >= 0.3 is 5.69 Å². The minimum absolute atomic E-state index is 0.00116. The summed E-state index contributed by atoms with van der Waals surface area (Å²) < 4.78 is 0. The van der Waals surface area contributed by atoms with Crippen LogP contribution in [0.4, 0.5) is 11.5 Å². The van der Waals surface area contributed by atoms with Crippen molar-refractivity contribution in [2.24, 2.45) is 17.8 Å². The van der Waals surface area contributed by atoms with E-state index in [1.807, 2.05) is 0 Å². The highest BCUT2D eigenvalue weighted by molar-refractivity contribution is 6.28. The van der Waals surface area contributed by atoms with E-state index in [1.54, 1.807) is 0 Å². The van der Waals surface area contributed by atoms with Gasteiger partial charge in [-0.25, -0.2) is 4.98 Å². The van der Waals surface area contributed by atoms with Crippen LogP contribution in [0.15, 0.2) is 6.20 Å². The zero-order valence-corrected chi connectivity index (χ0v) is 12.3. The summed E-state index contributed by atoms with van der Waals surface area (Å²) in [5.41, 5.74) is -0.157. The molecule has 106 valence electrons. The van der Waals surface area contributed by atoms with Crippen LogP contribution in [0.25, 0.3) is 0 Å². The molecule has 6 nitrogen and oxygen atoms in total. The lowest BCUT2D eigenvalue weighted by atomic mass is 9.85. The van der Waals surface area contributed by atoms with Crippen LogP contribution in [-0.4, -0.2) is 21.4 Å². The highest BCUT2D eigenvalue weighted by atomic mass is 35.5. The van der Waals surface area contributed by atoms with Gasteiger partial charge in [0.1, 0.15) is 6.20 Å². The van der Waals surface area contributed by atoms with Crippen molar-refractivity contribution >= 4 is 23.1 Å². The fraction of sp³-hybridized carbons (Fsp3) is 0.667. The number of nitrogens with zero attached hydrogens (tertiary/aromatic N) is 3. The molecule has 0 atom stereocenters. The van der Waals surface area contributed by atoms with Crippen molar-refractivity contribution in [1.29, 1.82) is 0 Å². The summed E-state index contributed by atoms with van der Waals surface area (Å²) in [4.78, 5) is 17.9. The molecular weight excluding hydrogens is 268 g/mol. The van der Waals surface area contributed by atoms with Crippen molar-refractivity contribution < 1.29 is 4.92 Å². The van der Waals surface area contributed by atoms with Crippen molar-refractivity contribution in [1.82, 2.24) is 9.97 Å². The Hall–Kier alpha value is -1.43. The van der Waals surface area contributed by atoms with E-state index in [4.69, 9.17) is 11.6 Å². The third-order valence-corrected chi connectivity index (χ3v) is 3.34. The standard InChI is InChI=1S/C12H19ClN4O2/c1-7(2)9(8(3)4)5-14-11-10(17(18)19)6-15-12(13)16-11/h6-9H,5H2,1-4H3,(H,14,15,16). The van der Waals surface area contributed by atoms with Crippen LogP contribution in [-0.2, 0) is 0 Å². The van der Waals surface area contributed by atoms with Crippen LogP contribution < -0.4 is 5.32 Å². The molecule has 19 heavy (non-hydrogen) atoms. The molecule has 0 fully saturated rings. The Morgan fingerprint density at radius 3 is 2.42 bits per heavy atom. The van der Waals surface area contributed by atoms with E-state index in [2.05, 4.69) is 43.0 Å². The molecule has 0 amide bonds. The predicted octanol–water partition coefficient (Wildman–Crippen LogP) is 3.38. The monoisotopic (exact) mass is 286 g/mol. The molecular formula is C12H19ClN4O2. The summed E-state index contributed by atoms with van der Waals surface area (Å²) in [5.74, 6) is 1.53. The molecule has 0 aliphatic heterocycles. The number of halogens is 1. The van der Waals surface area contributed by atoms with E-state index in [0.717, 1.165) is 6.20 Å². The maximum Gasteiger partial charge on any atom is 0.329 e. The van der Waals surface area contributed by atoms with E-state index in [-0.39, 0.29) is 16.8 Å². The van der Waals surface area contributed by atoms with Crippen LogP contribution in [0, 0.1) is 27.9 Å². The van der Waals surface area contributed by atoms with Gasteiger partial charge in [0.2, 0.25) is 11.1 Å². The predicted molar refractivity (Wildman–Crippen MR) is 75.4 cm³/mol. The van der Waals surface area contributed by atoms with E-state index in [1.165, 1.54) is 0 Å². The van der Waals surface area contributed by atoms with Crippen molar-refractivity contribution in [2.75, 3.05) is 11.9 Å². The number of rotatable bonds is 6. The van der Waals surface area contributed by atoms with Crippen molar-refractivity contribution in [2.45, 2.75) is 27.7 Å². The largest absolute Gasteiger partial charge is 0.364 e. The van der Waals surface area contributed by atoms with Crippen molar-refractivity contribution in [3.05, 3.63) is 21.6 Å². The molecule has 7 heteroatoms. The Balaban J connectivity index is 2.87. The van der Waals surface area contributed by atoms with Gasteiger partial charge in [0, 0.05) is 6.54 Å². The first-order valence-electron chi connectivity index (χ1n) is 6.23. The average molecular weight is 287 g/mol. The Morgan fingerprint density at radius 1 is 1.37 bits per heavy atom. The van der Waals surface area contributed by atoms with Gasteiger partial charge in [-0.1, -0.05) is 27.7 Å². The second kappa shape index (κ2) is 6.65. The molecule has 0 bridgehead atoms. The van der Waals surface area contributed by atoms with E-state index >= 15 is 0 Å². The van der Waals surface area contributed by atoms with Gasteiger partial charge < -0.3 is 5.32 Å². The maximum atomic E-state index is 10.9. The fourth-order valence-corrected chi connectivity index (χ4v) is 2.21. The van der Waals surface area contributed by atoms with Gasteiger partial charge in [0.15, 0.2) is 0 Å². The number of nitro groups is 1. The van der Waals surface area contributed by atoms with Gasteiger partial charge in [0.25, 0.3) is 0 Å². The molecule has 1 rings (SSSR count). The molecule has 1 N–H and O–H groups in total. The molecule has 1 aromatic rings. The molecule has 0 spiro atoms. The average Bonchev–Trinajstić information content (AvgIpc) is 2.27.